The molecule has 0 unspecified atom stereocenters. The second kappa shape index (κ2) is 9.90. The van der Waals surface area contributed by atoms with Crippen LogP contribution >= 0.6 is 0 Å². The number of amides is 2. The number of fused-ring (bicyclic) bond motifs is 1. The summed E-state index contributed by atoms with van der Waals surface area (Å²) in [7, 11) is 4.14. The summed E-state index contributed by atoms with van der Waals surface area (Å²) in [4.78, 5) is 19.0. The summed E-state index contributed by atoms with van der Waals surface area (Å²) in [6.45, 7) is 3.17. The molecule has 2 N–H and O–H groups in total. The van der Waals surface area contributed by atoms with Crippen LogP contribution in [0.1, 0.15) is 18.4 Å². The molecule has 6 heteroatoms. The molecule has 2 amide bonds. The smallest absolute Gasteiger partial charge is 0.319 e. The molecule has 31 heavy (non-hydrogen) atoms. The summed E-state index contributed by atoms with van der Waals surface area (Å²) in [6.07, 6.45) is 3.89. The van der Waals surface area contributed by atoms with Crippen molar-refractivity contribution in [2.24, 2.45) is 5.92 Å². The largest absolute Gasteiger partial charge is 0.381 e. The van der Waals surface area contributed by atoms with Crippen molar-refractivity contribution in [2.45, 2.75) is 19.4 Å². The standard InChI is InChI=1S/C25H30N4O2/c1-29(2)17-19-3-5-20(6-4-19)22-13-21-7-8-23(14-24(21)26-16-22)28-25(30)27-15-18-9-11-31-12-10-18/h3-8,13-14,16,18H,9-12,15,17H2,1-2H3,(H2,27,28,30). The molecule has 0 atom stereocenters. The van der Waals surface area contributed by atoms with E-state index in [1.807, 2.05) is 24.4 Å². The molecule has 4 rings (SSSR count). The molecule has 3 aromatic rings. The van der Waals surface area contributed by atoms with Crippen LogP contribution in [0.15, 0.2) is 54.7 Å². The van der Waals surface area contributed by atoms with Gasteiger partial charge in [0.1, 0.15) is 0 Å². The number of carbonyl (C=O) groups excluding carboxylic acids is 1. The number of urea groups is 1. The lowest BCUT2D eigenvalue weighted by atomic mass is 10.0. The first-order chi connectivity index (χ1) is 15.1. The van der Waals surface area contributed by atoms with Gasteiger partial charge in [0.2, 0.25) is 0 Å². The van der Waals surface area contributed by atoms with E-state index >= 15 is 0 Å². The Morgan fingerprint density at radius 3 is 2.58 bits per heavy atom. The number of ether oxygens (including phenoxy) is 1. The van der Waals surface area contributed by atoms with E-state index in [9.17, 15) is 4.79 Å². The molecule has 1 aliphatic heterocycles. The molecule has 0 saturated carbocycles. The summed E-state index contributed by atoms with van der Waals surface area (Å²) in [5.74, 6) is 0.494. The topological polar surface area (TPSA) is 66.5 Å². The van der Waals surface area contributed by atoms with Gasteiger partial charge < -0.3 is 20.3 Å². The molecule has 1 saturated heterocycles. The van der Waals surface area contributed by atoms with Gasteiger partial charge >= 0.3 is 6.03 Å². The third-order valence-electron chi connectivity index (χ3n) is 5.62. The van der Waals surface area contributed by atoms with Gasteiger partial charge in [-0.2, -0.15) is 0 Å². The van der Waals surface area contributed by atoms with Gasteiger partial charge in [-0.1, -0.05) is 30.3 Å². The molecule has 0 aliphatic carbocycles. The molecule has 6 nitrogen and oxygen atoms in total. The average Bonchev–Trinajstić information content (AvgIpc) is 2.78. The first kappa shape index (κ1) is 21.3. The Kier molecular flexibility index (Phi) is 6.79. The maximum absolute atomic E-state index is 12.2. The Bertz CT molecular complexity index is 1030. The van der Waals surface area contributed by atoms with Crippen LogP contribution in [0, 0.1) is 5.92 Å². The van der Waals surface area contributed by atoms with Gasteiger partial charge in [0, 0.05) is 49.1 Å². The van der Waals surface area contributed by atoms with E-state index in [-0.39, 0.29) is 6.03 Å². The van der Waals surface area contributed by atoms with Crippen molar-refractivity contribution in [3.63, 3.8) is 0 Å². The predicted molar refractivity (Wildman–Crippen MR) is 125 cm³/mol. The number of nitrogens with zero attached hydrogens (tertiary/aromatic N) is 2. The van der Waals surface area contributed by atoms with Crippen molar-refractivity contribution in [1.29, 1.82) is 0 Å². The van der Waals surface area contributed by atoms with Gasteiger partial charge in [0.25, 0.3) is 0 Å². The molecule has 1 aliphatic rings. The molecular weight excluding hydrogens is 388 g/mol. The zero-order valence-corrected chi connectivity index (χ0v) is 18.2. The number of nitrogens with one attached hydrogen (secondary N) is 2. The number of aromatic nitrogens is 1. The van der Waals surface area contributed by atoms with E-state index in [1.165, 1.54) is 5.56 Å². The van der Waals surface area contributed by atoms with Crippen LogP contribution in [0.25, 0.3) is 22.0 Å². The normalized spacial score (nSPS) is 14.7. The SMILES string of the molecule is CN(C)Cc1ccc(-c2cnc3cc(NC(=O)NCC4CCOCC4)ccc3c2)cc1. The van der Waals surface area contributed by atoms with Crippen LogP contribution in [-0.4, -0.2) is 49.8 Å². The van der Waals surface area contributed by atoms with Gasteiger partial charge in [0.05, 0.1) is 5.52 Å². The van der Waals surface area contributed by atoms with E-state index in [2.05, 4.69) is 64.9 Å². The summed E-state index contributed by atoms with van der Waals surface area (Å²) in [6, 6.07) is 16.4. The quantitative estimate of drug-likeness (QED) is 0.618. The first-order valence-corrected chi connectivity index (χ1v) is 10.8. The lowest BCUT2D eigenvalue weighted by molar-refractivity contribution is 0.0671. The Labute approximate surface area is 183 Å². The van der Waals surface area contributed by atoms with Crippen LogP contribution in [-0.2, 0) is 11.3 Å². The molecule has 1 fully saturated rings. The Morgan fingerprint density at radius 2 is 1.84 bits per heavy atom. The van der Waals surface area contributed by atoms with Crippen molar-refractivity contribution in [2.75, 3.05) is 39.2 Å². The third-order valence-corrected chi connectivity index (χ3v) is 5.62. The average molecular weight is 419 g/mol. The molecule has 0 bridgehead atoms. The number of rotatable bonds is 6. The van der Waals surface area contributed by atoms with Gasteiger partial charge in [-0.3, -0.25) is 4.98 Å². The van der Waals surface area contributed by atoms with E-state index in [0.717, 1.165) is 60.3 Å². The molecule has 1 aromatic heterocycles. The lowest BCUT2D eigenvalue weighted by Crippen LogP contribution is -2.35. The molecule has 0 radical (unpaired) electrons. The van der Waals surface area contributed by atoms with Crippen molar-refractivity contribution < 1.29 is 9.53 Å². The van der Waals surface area contributed by atoms with Crippen LogP contribution < -0.4 is 10.6 Å². The highest BCUT2D eigenvalue weighted by Gasteiger charge is 2.14. The summed E-state index contributed by atoms with van der Waals surface area (Å²) in [5.41, 5.74) is 5.11. The summed E-state index contributed by atoms with van der Waals surface area (Å²) >= 11 is 0. The second-order valence-corrected chi connectivity index (χ2v) is 8.46. The van der Waals surface area contributed by atoms with Crippen LogP contribution in [0.2, 0.25) is 0 Å². The number of carbonyl (C=O) groups is 1. The maximum Gasteiger partial charge on any atom is 0.319 e. The minimum atomic E-state index is -0.180. The van der Waals surface area contributed by atoms with Crippen molar-refractivity contribution in [3.05, 3.63) is 60.3 Å². The third kappa shape index (κ3) is 5.81. The predicted octanol–water partition coefficient (Wildman–Crippen LogP) is 4.51. The summed E-state index contributed by atoms with van der Waals surface area (Å²) < 4.78 is 5.36. The monoisotopic (exact) mass is 418 g/mol. The maximum atomic E-state index is 12.2. The zero-order chi connectivity index (χ0) is 21.6. The second-order valence-electron chi connectivity index (χ2n) is 8.46. The fourth-order valence-corrected chi connectivity index (χ4v) is 3.89. The molecular formula is C25H30N4O2. The van der Waals surface area contributed by atoms with Gasteiger partial charge in [-0.15, -0.1) is 0 Å². The Hall–Kier alpha value is -2.96. The number of anilines is 1. The minimum Gasteiger partial charge on any atom is -0.381 e. The fourth-order valence-electron chi connectivity index (χ4n) is 3.89. The van der Waals surface area contributed by atoms with Crippen molar-refractivity contribution in [1.82, 2.24) is 15.2 Å². The van der Waals surface area contributed by atoms with Crippen molar-refractivity contribution in [3.8, 4) is 11.1 Å². The lowest BCUT2D eigenvalue weighted by Gasteiger charge is -2.22. The van der Waals surface area contributed by atoms with Crippen LogP contribution in [0.3, 0.4) is 0 Å². The molecule has 2 heterocycles. The first-order valence-electron chi connectivity index (χ1n) is 10.8. The highest BCUT2D eigenvalue weighted by Crippen LogP contribution is 2.25. The number of hydrogen-bond donors (Lipinski definition) is 2. The molecule has 162 valence electrons. The minimum absolute atomic E-state index is 0.180. The highest BCUT2D eigenvalue weighted by atomic mass is 16.5. The van der Waals surface area contributed by atoms with E-state index < -0.39 is 0 Å². The van der Waals surface area contributed by atoms with E-state index in [0.29, 0.717) is 12.5 Å². The van der Waals surface area contributed by atoms with Gasteiger partial charge in [-0.25, -0.2) is 4.79 Å². The molecule has 2 aromatic carbocycles. The van der Waals surface area contributed by atoms with E-state index in [4.69, 9.17) is 4.74 Å². The number of hydrogen-bond acceptors (Lipinski definition) is 4. The number of benzene rings is 2. The fraction of sp³-hybridized carbons (Fsp3) is 0.360. The van der Waals surface area contributed by atoms with Gasteiger partial charge in [0.15, 0.2) is 0 Å². The van der Waals surface area contributed by atoms with Crippen LogP contribution in [0.4, 0.5) is 10.5 Å². The van der Waals surface area contributed by atoms with Crippen molar-refractivity contribution >= 4 is 22.6 Å². The van der Waals surface area contributed by atoms with Crippen LogP contribution in [0.5, 0.6) is 0 Å². The van der Waals surface area contributed by atoms with Gasteiger partial charge in [-0.05, 0) is 62.2 Å². The zero-order valence-electron chi connectivity index (χ0n) is 18.2. The molecule has 0 spiro atoms. The Balaban J connectivity index is 1.40. The highest BCUT2D eigenvalue weighted by molar-refractivity contribution is 5.93. The number of pyridine rings is 1. The van der Waals surface area contributed by atoms with E-state index in [1.54, 1.807) is 0 Å². The Morgan fingerprint density at radius 1 is 1.06 bits per heavy atom. The summed E-state index contributed by atoms with van der Waals surface area (Å²) in [5, 5.41) is 6.93.